The first-order chi connectivity index (χ1) is 14.0. The van der Waals surface area contributed by atoms with Crippen LogP contribution in [0.3, 0.4) is 0 Å². The summed E-state index contributed by atoms with van der Waals surface area (Å²) in [6.45, 7) is 2.92. The molecular weight excluding hydrogens is 371 g/mol. The van der Waals surface area contributed by atoms with E-state index >= 15 is 0 Å². The molecule has 146 valence electrons. The fourth-order valence-electron chi connectivity index (χ4n) is 3.68. The van der Waals surface area contributed by atoms with Crippen molar-refractivity contribution in [3.63, 3.8) is 0 Å². The summed E-state index contributed by atoms with van der Waals surface area (Å²) in [5.41, 5.74) is 2.57. The van der Waals surface area contributed by atoms with Crippen LogP contribution in [0.4, 0.5) is 10.1 Å². The highest BCUT2D eigenvalue weighted by molar-refractivity contribution is 6.00. The maximum absolute atomic E-state index is 13.1. The van der Waals surface area contributed by atoms with Gasteiger partial charge in [-0.05, 0) is 62.2 Å². The van der Waals surface area contributed by atoms with Gasteiger partial charge in [0.2, 0.25) is 11.7 Å². The standard InChI is InChI=1S/C22H19FN4O2/c1-14(28)19-9-4-15(12-24)11-20(19)27-10-2-3-17(13-27)22-25-21(26-29-22)16-5-7-18(23)8-6-16/h4-9,11,17H,2-3,10,13H2,1H3. The summed E-state index contributed by atoms with van der Waals surface area (Å²) in [5.74, 6) is 0.600. The summed E-state index contributed by atoms with van der Waals surface area (Å²) in [6.07, 6.45) is 1.78. The van der Waals surface area contributed by atoms with Gasteiger partial charge in [-0.2, -0.15) is 10.2 Å². The van der Waals surface area contributed by atoms with Crippen molar-refractivity contribution >= 4 is 11.5 Å². The van der Waals surface area contributed by atoms with Gasteiger partial charge in [0.05, 0.1) is 17.6 Å². The van der Waals surface area contributed by atoms with Crippen LogP contribution in [0.5, 0.6) is 0 Å². The number of benzene rings is 2. The van der Waals surface area contributed by atoms with Gasteiger partial charge in [-0.15, -0.1) is 0 Å². The van der Waals surface area contributed by atoms with Gasteiger partial charge in [-0.25, -0.2) is 4.39 Å². The van der Waals surface area contributed by atoms with Crippen molar-refractivity contribution in [2.75, 3.05) is 18.0 Å². The van der Waals surface area contributed by atoms with E-state index in [0.717, 1.165) is 25.1 Å². The Morgan fingerprint density at radius 1 is 1.28 bits per heavy atom. The maximum Gasteiger partial charge on any atom is 0.231 e. The van der Waals surface area contributed by atoms with Crippen LogP contribution in [0.25, 0.3) is 11.4 Å². The highest BCUT2D eigenvalue weighted by Gasteiger charge is 2.28. The minimum Gasteiger partial charge on any atom is -0.370 e. The summed E-state index contributed by atoms with van der Waals surface area (Å²) in [6, 6.07) is 13.2. The van der Waals surface area contributed by atoms with E-state index in [9.17, 15) is 14.4 Å². The van der Waals surface area contributed by atoms with E-state index < -0.39 is 0 Å². The lowest BCUT2D eigenvalue weighted by molar-refractivity contribution is 0.101. The van der Waals surface area contributed by atoms with Gasteiger partial charge in [0.15, 0.2) is 5.78 Å². The van der Waals surface area contributed by atoms with Crippen molar-refractivity contribution in [1.29, 1.82) is 5.26 Å². The van der Waals surface area contributed by atoms with Crippen molar-refractivity contribution in [3.05, 3.63) is 65.3 Å². The Morgan fingerprint density at radius 3 is 2.79 bits per heavy atom. The number of aromatic nitrogens is 2. The molecule has 0 amide bonds. The molecule has 2 aromatic carbocycles. The lowest BCUT2D eigenvalue weighted by Crippen LogP contribution is -2.35. The number of nitriles is 1. The van der Waals surface area contributed by atoms with E-state index in [2.05, 4.69) is 21.1 Å². The van der Waals surface area contributed by atoms with E-state index in [0.29, 0.717) is 35.0 Å². The maximum atomic E-state index is 13.1. The van der Waals surface area contributed by atoms with Crippen LogP contribution in [-0.2, 0) is 0 Å². The molecule has 1 unspecified atom stereocenters. The number of anilines is 1. The summed E-state index contributed by atoms with van der Waals surface area (Å²) in [4.78, 5) is 18.7. The Bertz CT molecular complexity index is 1080. The van der Waals surface area contributed by atoms with Gasteiger partial charge in [-0.3, -0.25) is 4.79 Å². The molecule has 1 fully saturated rings. The normalized spacial score (nSPS) is 16.4. The second-order valence-electron chi connectivity index (χ2n) is 7.15. The van der Waals surface area contributed by atoms with Crippen molar-refractivity contribution < 1.29 is 13.7 Å². The Morgan fingerprint density at radius 2 is 2.07 bits per heavy atom. The lowest BCUT2D eigenvalue weighted by Gasteiger charge is -2.34. The first kappa shape index (κ1) is 18.8. The summed E-state index contributed by atoms with van der Waals surface area (Å²) < 4.78 is 18.6. The fourth-order valence-corrected chi connectivity index (χ4v) is 3.68. The van der Waals surface area contributed by atoms with Crippen molar-refractivity contribution in [2.45, 2.75) is 25.7 Å². The molecule has 0 N–H and O–H groups in total. The van der Waals surface area contributed by atoms with Gasteiger partial charge in [0.1, 0.15) is 5.82 Å². The molecule has 1 aromatic heterocycles. The zero-order chi connectivity index (χ0) is 20.4. The number of hydrogen-bond donors (Lipinski definition) is 0. The first-order valence-electron chi connectivity index (χ1n) is 9.44. The molecule has 1 atom stereocenters. The molecule has 2 heterocycles. The average molecular weight is 390 g/mol. The van der Waals surface area contributed by atoms with Gasteiger partial charge < -0.3 is 9.42 Å². The first-order valence-corrected chi connectivity index (χ1v) is 9.44. The van der Waals surface area contributed by atoms with Crippen molar-refractivity contribution in [3.8, 4) is 17.5 Å². The molecule has 0 radical (unpaired) electrons. The van der Waals surface area contributed by atoms with E-state index in [1.165, 1.54) is 19.1 Å². The number of Topliss-reactive ketones (excluding diaryl/α,β-unsaturated/α-hetero) is 1. The van der Waals surface area contributed by atoms with Crippen LogP contribution in [0.2, 0.25) is 0 Å². The van der Waals surface area contributed by atoms with Gasteiger partial charge in [0, 0.05) is 29.9 Å². The molecule has 7 heteroatoms. The molecule has 1 aliphatic heterocycles. The van der Waals surface area contributed by atoms with Crippen LogP contribution in [0.15, 0.2) is 47.0 Å². The zero-order valence-electron chi connectivity index (χ0n) is 15.9. The third kappa shape index (κ3) is 3.87. The third-order valence-electron chi connectivity index (χ3n) is 5.16. The monoisotopic (exact) mass is 390 g/mol. The van der Waals surface area contributed by atoms with Gasteiger partial charge in [-0.1, -0.05) is 5.16 Å². The molecule has 0 spiro atoms. The quantitative estimate of drug-likeness (QED) is 0.617. The Labute approximate surface area is 167 Å². The van der Waals surface area contributed by atoms with Crippen molar-refractivity contribution in [1.82, 2.24) is 10.1 Å². The largest absolute Gasteiger partial charge is 0.370 e. The summed E-state index contributed by atoms with van der Waals surface area (Å²) >= 11 is 0. The summed E-state index contributed by atoms with van der Waals surface area (Å²) in [5, 5.41) is 13.3. The fraction of sp³-hybridized carbons (Fsp3) is 0.273. The van der Waals surface area contributed by atoms with Crippen LogP contribution < -0.4 is 4.90 Å². The number of hydrogen-bond acceptors (Lipinski definition) is 6. The third-order valence-corrected chi connectivity index (χ3v) is 5.16. The second kappa shape index (κ2) is 7.84. The topological polar surface area (TPSA) is 83.0 Å². The smallest absolute Gasteiger partial charge is 0.231 e. The van der Waals surface area contributed by atoms with E-state index in [4.69, 9.17) is 4.52 Å². The molecule has 0 saturated carbocycles. The number of halogens is 1. The van der Waals surface area contributed by atoms with Crippen LogP contribution in [0.1, 0.15) is 47.5 Å². The molecule has 6 nitrogen and oxygen atoms in total. The van der Waals surface area contributed by atoms with E-state index in [-0.39, 0.29) is 17.5 Å². The molecule has 0 bridgehead atoms. The van der Waals surface area contributed by atoms with E-state index in [1.54, 1.807) is 30.3 Å². The average Bonchev–Trinajstić information content (AvgIpc) is 3.24. The molecule has 1 aliphatic rings. The predicted octanol–water partition coefficient (Wildman–Crippen LogP) is 4.33. The molecule has 29 heavy (non-hydrogen) atoms. The second-order valence-corrected chi connectivity index (χ2v) is 7.15. The molecule has 4 rings (SSSR count). The van der Waals surface area contributed by atoms with Crippen molar-refractivity contribution in [2.24, 2.45) is 0 Å². The number of nitrogens with zero attached hydrogens (tertiary/aromatic N) is 4. The number of rotatable bonds is 4. The molecule has 1 saturated heterocycles. The zero-order valence-corrected chi connectivity index (χ0v) is 15.9. The van der Waals surface area contributed by atoms with E-state index in [1.807, 2.05) is 0 Å². The van der Waals surface area contributed by atoms with Crippen LogP contribution in [0, 0.1) is 17.1 Å². The molecule has 0 aliphatic carbocycles. The number of carbonyl (C=O) groups is 1. The number of ketones is 1. The predicted molar refractivity (Wildman–Crippen MR) is 105 cm³/mol. The Kier molecular flexibility index (Phi) is 5.09. The minimum absolute atomic E-state index is 0.0102. The minimum atomic E-state index is -0.318. The lowest BCUT2D eigenvalue weighted by atomic mass is 9.95. The van der Waals surface area contributed by atoms with Crippen LogP contribution >= 0.6 is 0 Å². The molecule has 3 aromatic rings. The number of piperidine rings is 1. The SMILES string of the molecule is CC(=O)c1ccc(C#N)cc1N1CCCC(c2nc(-c3ccc(F)cc3)no2)C1. The Balaban J connectivity index is 1.59. The summed E-state index contributed by atoms with van der Waals surface area (Å²) in [7, 11) is 0. The van der Waals surface area contributed by atoms with Crippen LogP contribution in [-0.4, -0.2) is 29.0 Å². The highest BCUT2D eigenvalue weighted by Crippen LogP contribution is 2.32. The number of carbonyl (C=O) groups excluding carboxylic acids is 1. The molecular formula is C22H19FN4O2. The Hall–Kier alpha value is -3.53. The van der Waals surface area contributed by atoms with Gasteiger partial charge in [0.25, 0.3) is 0 Å². The van der Waals surface area contributed by atoms with Gasteiger partial charge >= 0.3 is 0 Å². The highest BCUT2D eigenvalue weighted by atomic mass is 19.1.